The number of nitro benzene ring substituents is 1. The monoisotopic (exact) mass is 632 g/mol. The van der Waals surface area contributed by atoms with Gasteiger partial charge in [0.1, 0.15) is 4.90 Å². The van der Waals surface area contributed by atoms with Gasteiger partial charge in [-0.1, -0.05) is 21.1 Å². The number of halogens is 1. The molecule has 0 saturated heterocycles. The topological polar surface area (TPSA) is 92.9 Å². The van der Waals surface area contributed by atoms with Crippen molar-refractivity contribution in [3.8, 4) is 0 Å². The normalized spacial score (nSPS) is 13.5. The Bertz CT molecular complexity index is 1070. The Balaban J connectivity index is 0.000000784. The Morgan fingerprint density at radius 3 is 2.43 bits per heavy atom. The third kappa shape index (κ3) is 8.63. The SMILES string of the molecule is CC(C)(C)O.CCOC(=O)Cc1c(C)c2c(c(C)c1SI)CN(Sc1ccccc1[N+](=O)[O-])CC2. The van der Waals surface area contributed by atoms with Crippen molar-refractivity contribution in [2.75, 3.05) is 13.2 Å². The number of fused-ring (bicyclic) bond motifs is 1. The second-order valence-electron chi connectivity index (χ2n) is 9.17. The Labute approximate surface area is 228 Å². The van der Waals surface area contributed by atoms with Crippen LogP contribution in [0.2, 0.25) is 0 Å². The van der Waals surface area contributed by atoms with Gasteiger partial charge in [0.2, 0.25) is 0 Å². The lowest BCUT2D eigenvalue weighted by molar-refractivity contribution is -0.387. The molecule has 1 aliphatic heterocycles. The number of para-hydroxylation sites is 1. The molecule has 0 spiro atoms. The highest BCUT2D eigenvalue weighted by atomic mass is 127. The number of carbonyl (C=O) groups excluding carboxylic acids is 1. The van der Waals surface area contributed by atoms with Crippen LogP contribution < -0.4 is 0 Å². The molecule has 1 aliphatic rings. The fourth-order valence-electron chi connectivity index (χ4n) is 3.79. The summed E-state index contributed by atoms with van der Waals surface area (Å²) in [4.78, 5) is 24.9. The van der Waals surface area contributed by atoms with Crippen molar-refractivity contribution < 1.29 is 19.6 Å². The van der Waals surface area contributed by atoms with Crippen LogP contribution >= 0.6 is 42.1 Å². The molecule has 7 nitrogen and oxygen atoms in total. The number of nitro groups is 1. The first-order valence-corrected chi connectivity index (χ1v) is 15.5. The van der Waals surface area contributed by atoms with Crippen LogP contribution in [0.25, 0.3) is 0 Å². The molecule has 0 unspecified atom stereocenters. The van der Waals surface area contributed by atoms with E-state index in [2.05, 4.69) is 39.4 Å². The lowest BCUT2D eigenvalue weighted by Gasteiger charge is -2.32. The van der Waals surface area contributed by atoms with Crippen LogP contribution in [0.15, 0.2) is 34.1 Å². The fraction of sp³-hybridized carbons (Fsp3) is 0.480. The Hall–Kier alpha value is -1.34. The number of ether oxygens (including phenoxy) is 1. The van der Waals surface area contributed by atoms with E-state index in [-0.39, 0.29) is 23.0 Å². The van der Waals surface area contributed by atoms with Crippen molar-refractivity contribution in [1.29, 1.82) is 0 Å². The molecule has 10 heteroatoms. The van der Waals surface area contributed by atoms with Gasteiger partial charge in [-0.2, -0.15) is 0 Å². The van der Waals surface area contributed by atoms with Crippen LogP contribution in [0.5, 0.6) is 0 Å². The van der Waals surface area contributed by atoms with Crippen molar-refractivity contribution in [2.45, 2.75) is 76.3 Å². The van der Waals surface area contributed by atoms with E-state index >= 15 is 0 Å². The minimum atomic E-state index is -0.500. The molecule has 0 radical (unpaired) electrons. The highest BCUT2D eigenvalue weighted by Crippen LogP contribution is 2.42. The largest absolute Gasteiger partial charge is 0.466 e. The molecule has 0 aromatic heterocycles. The molecule has 0 amide bonds. The van der Waals surface area contributed by atoms with Crippen molar-refractivity contribution in [1.82, 2.24) is 4.31 Å². The van der Waals surface area contributed by atoms with E-state index in [9.17, 15) is 14.9 Å². The first-order valence-electron chi connectivity index (χ1n) is 11.3. The molecule has 0 fully saturated rings. The third-order valence-electron chi connectivity index (χ3n) is 5.28. The third-order valence-corrected chi connectivity index (χ3v) is 8.42. The standard InChI is InChI=1S/C21H23IN2O4S2.C4H10O/c1-4-28-20(25)11-16-13(2)15-9-10-23(12-17(15)14(3)21(16)29-22)30-19-8-6-5-7-18(19)24(26)27;1-4(2,3)5/h5-8H,4,9-12H2,1-3H3;5H,1-3H3. The number of benzene rings is 2. The summed E-state index contributed by atoms with van der Waals surface area (Å²) in [6.45, 7) is 13.1. The van der Waals surface area contributed by atoms with Gasteiger partial charge in [-0.3, -0.25) is 14.9 Å². The molecule has 2 aromatic carbocycles. The van der Waals surface area contributed by atoms with Crippen molar-refractivity contribution >= 4 is 53.7 Å². The second-order valence-corrected chi connectivity index (χ2v) is 12.2. The number of esters is 1. The van der Waals surface area contributed by atoms with E-state index in [1.807, 2.05) is 13.0 Å². The first-order chi connectivity index (χ1) is 16.4. The highest BCUT2D eigenvalue weighted by Gasteiger charge is 2.27. The van der Waals surface area contributed by atoms with E-state index in [0.717, 1.165) is 29.0 Å². The summed E-state index contributed by atoms with van der Waals surface area (Å²) < 4.78 is 7.37. The molecule has 35 heavy (non-hydrogen) atoms. The van der Waals surface area contributed by atoms with Crippen LogP contribution in [0.4, 0.5) is 5.69 Å². The summed E-state index contributed by atoms with van der Waals surface area (Å²) in [6, 6.07) is 6.86. The molecule has 192 valence electrons. The predicted octanol–water partition coefficient (Wildman–Crippen LogP) is 6.60. The average molecular weight is 633 g/mol. The highest BCUT2D eigenvalue weighted by molar-refractivity contribution is 14.2. The minimum Gasteiger partial charge on any atom is -0.466 e. The molecule has 1 heterocycles. The second kappa shape index (κ2) is 13.3. The van der Waals surface area contributed by atoms with E-state index in [0.29, 0.717) is 18.0 Å². The molecule has 3 rings (SSSR count). The number of aliphatic hydroxyl groups is 1. The van der Waals surface area contributed by atoms with Gasteiger partial charge in [-0.15, -0.1) is 0 Å². The summed E-state index contributed by atoms with van der Waals surface area (Å²) in [5, 5.41) is 19.9. The zero-order valence-corrected chi connectivity index (χ0v) is 24.8. The Morgan fingerprint density at radius 2 is 1.86 bits per heavy atom. The molecule has 0 saturated carbocycles. The van der Waals surface area contributed by atoms with Crippen LogP contribution in [0.3, 0.4) is 0 Å². The summed E-state index contributed by atoms with van der Waals surface area (Å²) in [6.07, 6.45) is 1.13. The fourth-order valence-corrected chi connectivity index (χ4v) is 7.16. The molecule has 0 aliphatic carbocycles. The molecule has 1 N–H and O–H groups in total. The van der Waals surface area contributed by atoms with Crippen LogP contribution in [-0.4, -0.2) is 39.1 Å². The Kier molecular flexibility index (Phi) is 11.3. The maximum absolute atomic E-state index is 12.2. The average Bonchev–Trinajstić information content (AvgIpc) is 2.77. The summed E-state index contributed by atoms with van der Waals surface area (Å²) in [5.74, 6) is -0.198. The minimum absolute atomic E-state index is 0.134. The van der Waals surface area contributed by atoms with Crippen LogP contribution in [-0.2, 0) is 28.9 Å². The van der Waals surface area contributed by atoms with E-state index in [1.54, 1.807) is 47.9 Å². The predicted molar refractivity (Wildman–Crippen MR) is 151 cm³/mol. The number of rotatable bonds is 7. The number of carbonyl (C=O) groups is 1. The number of hydrogen-bond donors (Lipinski definition) is 1. The van der Waals surface area contributed by atoms with Gasteiger partial charge < -0.3 is 9.84 Å². The molecular formula is C25H33IN2O5S2. The lowest BCUT2D eigenvalue weighted by atomic mass is 9.88. The lowest BCUT2D eigenvalue weighted by Crippen LogP contribution is -2.27. The van der Waals surface area contributed by atoms with Gasteiger partial charge in [0, 0.05) is 45.3 Å². The quantitative estimate of drug-likeness (QED) is 0.120. The smallest absolute Gasteiger partial charge is 0.310 e. The molecule has 0 bridgehead atoms. The van der Waals surface area contributed by atoms with Crippen molar-refractivity contribution in [3.05, 3.63) is 62.2 Å². The van der Waals surface area contributed by atoms with Gasteiger partial charge in [-0.05, 0) is 93.8 Å². The zero-order valence-electron chi connectivity index (χ0n) is 21.0. The summed E-state index contributed by atoms with van der Waals surface area (Å²) in [5.41, 5.74) is 5.59. The van der Waals surface area contributed by atoms with Crippen LogP contribution in [0.1, 0.15) is 55.5 Å². The van der Waals surface area contributed by atoms with E-state index in [4.69, 9.17) is 9.84 Å². The van der Waals surface area contributed by atoms with Crippen LogP contribution in [0, 0.1) is 24.0 Å². The molecular weight excluding hydrogens is 599 g/mol. The Morgan fingerprint density at radius 1 is 1.23 bits per heavy atom. The van der Waals surface area contributed by atoms with Crippen molar-refractivity contribution in [2.24, 2.45) is 0 Å². The number of hydrogen-bond acceptors (Lipinski definition) is 8. The maximum Gasteiger partial charge on any atom is 0.310 e. The number of nitrogens with zero attached hydrogens (tertiary/aromatic N) is 2. The van der Waals surface area contributed by atoms with Gasteiger partial charge >= 0.3 is 5.97 Å². The zero-order chi connectivity index (χ0) is 26.3. The maximum atomic E-state index is 12.2. The summed E-state index contributed by atoms with van der Waals surface area (Å²) >= 11 is 3.71. The van der Waals surface area contributed by atoms with Gasteiger partial charge in [-0.25, -0.2) is 4.31 Å². The first kappa shape index (κ1) is 29.9. The van der Waals surface area contributed by atoms with Gasteiger partial charge in [0.25, 0.3) is 5.69 Å². The van der Waals surface area contributed by atoms with E-state index in [1.165, 1.54) is 28.6 Å². The molecule has 2 aromatic rings. The van der Waals surface area contributed by atoms with Crippen molar-refractivity contribution in [3.63, 3.8) is 0 Å². The van der Waals surface area contributed by atoms with E-state index < -0.39 is 5.60 Å². The molecule has 0 atom stereocenters. The van der Waals surface area contributed by atoms with Gasteiger partial charge in [0.15, 0.2) is 0 Å². The van der Waals surface area contributed by atoms with Gasteiger partial charge in [0.05, 0.1) is 23.6 Å². The summed E-state index contributed by atoms with van der Waals surface area (Å²) in [7, 11) is 1.63.